The van der Waals surface area contributed by atoms with Gasteiger partial charge in [0.15, 0.2) is 0 Å². The Morgan fingerprint density at radius 1 is 1.12 bits per heavy atom. The first-order valence-electron chi connectivity index (χ1n) is 9.94. The highest BCUT2D eigenvalue weighted by molar-refractivity contribution is 8.00. The maximum Gasteiger partial charge on any atom is 0.305 e. The third-order valence-electron chi connectivity index (χ3n) is 6.85. The van der Waals surface area contributed by atoms with Gasteiger partial charge >= 0.3 is 4.87 Å². The van der Waals surface area contributed by atoms with Crippen molar-refractivity contribution in [2.45, 2.75) is 49.3 Å². The average molecular weight is 387 g/mol. The summed E-state index contributed by atoms with van der Waals surface area (Å²) in [7, 11) is 0. The largest absolute Gasteiger partial charge is 0.372 e. The third kappa shape index (κ3) is 2.50. The Morgan fingerprint density at radius 2 is 1.85 bits per heavy atom. The quantitative estimate of drug-likeness (QED) is 0.809. The van der Waals surface area contributed by atoms with Crippen molar-refractivity contribution in [2.24, 2.45) is 17.8 Å². The first-order chi connectivity index (χ1) is 12.7. The third-order valence-corrected chi connectivity index (χ3v) is 9.47. The van der Waals surface area contributed by atoms with Gasteiger partial charge in [-0.3, -0.25) is 4.79 Å². The molecule has 1 aromatic carbocycles. The second kappa shape index (κ2) is 6.45. The van der Waals surface area contributed by atoms with Crippen molar-refractivity contribution in [3.63, 3.8) is 0 Å². The fourth-order valence-corrected chi connectivity index (χ4v) is 8.60. The SMILES string of the molecule is CCN(CC)c1ccc([C@@H]2c3sc(=O)[nH]c3S[C@@H]3[C@@H]4CC[C@H](C4)[C@H]23)cc1. The number of nitrogens with zero attached hydrogens (tertiary/aromatic N) is 1. The van der Waals surface area contributed by atoms with Crippen LogP contribution < -0.4 is 9.77 Å². The molecule has 0 saturated heterocycles. The van der Waals surface area contributed by atoms with Crippen molar-refractivity contribution in [1.29, 1.82) is 0 Å². The van der Waals surface area contributed by atoms with Crippen LogP contribution in [0.4, 0.5) is 5.69 Å². The smallest absolute Gasteiger partial charge is 0.305 e. The van der Waals surface area contributed by atoms with Crippen molar-refractivity contribution < 1.29 is 0 Å². The van der Waals surface area contributed by atoms with Crippen LogP contribution in [0.3, 0.4) is 0 Å². The Morgan fingerprint density at radius 3 is 2.58 bits per heavy atom. The predicted octanol–water partition coefficient (Wildman–Crippen LogP) is 4.93. The first-order valence-corrected chi connectivity index (χ1v) is 11.6. The lowest BCUT2D eigenvalue weighted by molar-refractivity contribution is 0.307. The Hall–Kier alpha value is -1.20. The average Bonchev–Trinajstić information content (AvgIpc) is 3.35. The van der Waals surface area contributed by atoms with E-state index >= 15 is 0 Å². The maximum atomic E-state index is 12.1. The summed E-state index contributed by atoms with van der Waals surface area (Å²) in [5.41, 5.74) is 2.70. The van der Waals surface area contributed by atoms with E-state index < -0.39 is 0 Å². The molecular formula is C21H26N2OS2. The molecule has 0 amide bonds. The van der Waals surface area contributed by atoms with Gasteiger partial charge in [0.2, 0.25) is 0 Å². The zero-order chi connectivity index (χ0) is 17.8. The number of aromatic nitrogens is 1. The topological polar surface area (TPSA) is 36.1 Å². The van der Waals surface area contributed by atoms with E-state index in [1.165, 1.54) is 46.7 Å². The fourth-order valence-electron chi connectivity index (χ4n) is 5.70. The Bertz CT molecular complexity index is 852. The monoisotopic (exact) mass is 386 g/mol. The second-order valence-electron chi connectivity index (χ2n) is 7.94. The molecular weight excluding hydrogens is 360 g/mol. The van der Waals surface area contributed by atoms with E-state index in [-0.39, 0.29) is 4.87 Å². The first kappa shape index (κ1) is 16.9. The minimum Gasteiger partial charge on any atom is -0.372 e. The highest BCUT2D eigenvalue weighted by atomic mass is 32.2. The van der Waals surface area contributed by atoms with Gasteiger partial charge in [-0.25, -0.2) is 0 Å². The molecule has 2 fully saturated rings. The van der Waals surface area contributed by atoms with Gasteiger partial charge in [0.1, 0.15) is 0 Å². The molecule has 2 aliphatic carbocycles. The molecule has 5 heteroatoms. The van der Waals surface area contributed by atoms with Crippen molar-refractivity contribution >= 4 is 28.8 Å². The highest BCUT2D eigenvalue weighted by Crippen LogP contribution is 2.63. The molecule has 2 saturated carbocycles. The van der Waals surface area contributed by atoms with E-state index in [4.69, 9.17) is 0 Å². The summed E-state index contributed by atoms with van der Waals surface area (Å²) in [4.78, 5) is 19.0. The molecule has 138 valence electrons. The number of benzene rings is 1. The number of anilines is 1. The van der Waals surface area contributed by atoms with Gasteiger partial charge in [0.25, 0.3) is 0 Å². The van der Waals surface area contributed by atoms with Crippen molar-refractivity contribution in [2.75, 3.05) is 18.0 Å². The number of fused-ring (bicyclic) bond motifs is 6. The summed E-state index contributed by atoms with van der Waals surface area (Å²) in [5.74, 6) is 2.80. The van der Waals surface area contributed by atoms with Crippen LogP contribution in [0.1, 0.15) is 49.5 Å². The number of hydrogen-bond donors (Lipinski definition) is 1. The lowest BCUT2D eigenvalue weighted by Gasteiger charge is -2.40. The van der Waals surface area contributed by atoms with Crippen LogP contribution in [0.5, 0.6) is 0 Å². The van der Waals surface area contributed by atoms with Crippen molar-refractivity contribution in [3.05, 3.63) is 44.4 Å². The standard InChI is InChI=1S/C21H26N2OS2/c1-3-23(4-2)15-9-7-12(8-10-15)16-17-13-5-6-14(11-13)18(17)25-20-19(16)26-21(24)22-20/h7-10,13-14,16-18H,3-6,11H2,1-2H3,(H,22,24)/t13-,14-,16+,17-,18-/m1/s1. The summed E-state index contributed by atoms with van der Waals surface area (Å²) >= 11 is 3.42. The van der Waals surface area contributed by atoms with Crippen molar-refractivity contribution in [1.82, 2.24) is 4.98 Å². The molecule has 2 aromatic rings. The van der Waals surface area contributed by atoms with Crippen molar-refractivity contribution in [3.8, 4) is 0 Å². The molecule has 0 spiro atoms. The van der Waals surface area contributed by atoms with Gasteiger partial charge in [-0.2, -0.15) is 0 Å². The van der Waals surface area contributed by atoms with Gasteiger partial charge in [0.05, 0.1) is 5.03 Å². The van der Waals surface area contributed by atoms with Gasteiger partial charge in [-0.05, 0) is 68.6 Å². The fraction of sp³-hybridized carbons (Fsp3) is 0.571. The van der Waals surface area contributed by atoms with Gasteiger partial charge in [0, 0.05) is 34.8 Å². The highest BCUT2D eigenvalue weighted by Gasteiger charge is 2.54. The molecule has 1 aromatic heterocycles. The number of rotatable bonds is 4. The van der Waals surface area contributed by atoms with Crippen LogP contribution in [0.15, 0.2) is 34.1 Å². The molecule has 2 bridgehead atoms. The molecule has 0 radical (unpaired) electrons. The summed E-state index contributed by atoms with van der Waals surface area (Å²) < 4.78 is 0. The zero-order valence-electron chi connectivity index (χ0n) is 15.4. The number of H-pyrrole nitrogens is 1. The van der Waals surface area contributed by atoms with E-state index in [0.29, 0.717) is 17.1 Å². The van der Waals surface area contributed by atoms with Gasteiger partial charge in [-0.15, -0.1) is 11.8 Å². The van der Waals surface area contributed by atoms with E-state index in [9.17, 15) is 4.79 Å². The van der Waals surface area contributed by atoms with Crippen LogP contribution in [0, 0.1) is 17.8 Å². The number of hydrogen-bond acceptors (Lipinski definition) is 4. The summed E-state index contributed by atoms with van der Waals surface area (Å²) in [6.07, 6.45) is 4.17. The minimum atomic E-state index is 0.111. The molecule has 5 atom stereocenters. The van der Waals surface area contributed by atoms with Crippen LogP contribution >= 0.6 is 23.1 Å². The van der Waals surface area contributed by atoms with E-state index in [1.807, 2.05) is 11.8 Å². The molecule has 3 nitrogen and oxygen atoms in total. The summed E-state index contributed by atoms with van der Waals surface area (Å²) in [5, 5.41) is 1.85. The number of aromatic amines is 1. The van der Waals surface area contributed by atoms with Crippen LogP contribution in [0.25, 0.3) is 0 Å². The van der Waals surface area contributed by atoms with E-state index in [0.717, 1.165) is 30.0 Å². The molecule has 1 N–H and O–H groups in total. The number of nitrogens with one attached hydrogen (secondary N) is 1. The van der Waals surface area contributed by atoms with Gasteiger partial charge in [-0.1, -0.05) is 23.5 Å². The van der Waals surface area contributed by atoms with Crippen LogP contribution in [-0.2, 0) is 0 Å². The molecule has 5 rings (SSSR count). The molecule has 1 aliphatic heterocycles. The molecule has 2 heterocycles. The number of thiazole rings is 1. The lowest BCUT2D eigenvalue weighted by atomic mass is 9.75. The lowest BCUT2D eigenvalue weighted by Crippen LogP contribution is -2.33. The minimum absolute atomic E-state index is 0.111. The second-order valence-corrected chi connectivity index (χ2v) is 10.1. The van der Waals surface area contributed by atoms with Crippen LogP contribution in [-0.4, -0.2) is 23.3 Å². The van der Waals surface area contributed by atoms with E-state index in [2.05, 4.69) is 48.0 Å². The Labute approximate surface area is 163 Å². The summed E-state index contributed by atoms with van der Waals surface area (Å²) in [6.45, 7) is 6.49. The van der Waals surface area contributed by atoms with Gasteiger partial charge < -0.3 is 9.88 Å². The van der Waals surface area contributed by atoms with E-state index in [1.54, 1.807) is 0 Å². The molecule has 3 aliphatic rings. The maximum absolute atomic E-state index is 12.1. The Kier molecular flexibility index (Phi) is 4.20. The summed E-state index contributed by atoms with van der Waals surface area (Å²) in [6, 6.07) is 9.21. The van der Waals surface area contributed by atoms with Crippen LogP contribution in [0.2, 0.25) is 0 Å². The number of thioether (sulfide) groups is 1. The Balaban J connectivity index is 1.56. The molecule has 0 unspecified atom stereocenters. The molecule has 26 heavy (non-hydrogen) atoms. The predicted molar refractivity (Wildman–Crippen MR) is 111 cm³/mol. The zero-order valence-corrected chi connectivity index (χ0v) is 17.0. The normalized spacial score (nSPS) is 31.7.